The molecule has 15 heavy (non-hydrogen) atoms. The van der Waals surface area contributed by atoms with E-state index in [1.165, 1.54) is 5.56 Å². The van der Waals surface area contributed by atoms with Crippen molar-refractivity contribution < 1.29 is 0 Å². The number of hydrogen-bond acceptors (Lipinski definition) is 4. The van der Waals surface area contributed by atoms with Gasteiger partial charge in [-0.3, -0.25) is 0 Å². The van der Waals surface area contributed by atoms with E-state index < -0.39 is 0 Å². The minimum Gasteiger partial charge on any atom is -0.384 e. The SMILES string of the molecule is CCc1c(NCCCN(C)C)c(=S)c1=S. The molecule has 0 saturated heterocycles. The van der Waals surface area contributed by atoms with Crippen LogP contribution in [0.4, 0.5) is 5.69 Å². The van der Waals surface area contributed by atoms with Crippen molar-refractivity contribution in [2.75, 3.05) is 32.5 Å². The van der Waals surface area contributed by atoms with Crippen molar-refractivity contribution in [1.82, 2.24) is 4.90 Å². The molecule has 0 aromatic heterocycles. The Balaban J connectivity index is 2.42. The summed E-state index contributed by atoms with van der Waals surface area (Å²) in [6.45, 7) is 4.18. The summed E-state index contributed by atoms with van der Waals surface area (Å²) in [5, 5.41) is 3.38. The zero-order valence-electron chi connectivity index (χ0n) is 9.59. The van der Waals surface area contributed by atoms with E-state index in [4.69, 9.17) is 24.4 Å². The Morgan fingerprint density at radius 2 is 1.87 bits per heavy atom. The maximum atomic E-state index is 5.20. The number of hydrogen-bond donors (Lipinski definition) is 1. The molecule has 0 spiro atoms. The molecular formula is C11H18N2S2. The number of nitrogens with zero attached hydrogens (tertiary/aromatic N) is 1. The van der Waals surface area contributed by atoms with E-state index in [1.54, 1.807) is 0 Å². The quantitative estimate of drug-likeness (QED) is 0.609. The molecule has 0 amide bonds. The lowest BCUT2D eigenvalue weighted by molar-refractivity contribution is 0.405. The normalized spacial score (nSPS) is 11.2. The maximum Gasteiger partial charge on any atom is 0.0796 e. The molecule has 0 bridgehead atoms. The minimum absolute atomic E-state index is 0.853. The Labute approximate surface area is 102 Å². The Morgan fingerprint density at radius 3 is 2.40 bits per heavy atom. The fourth-order valence-corrected chi connectivity index (χ4v) is 2.24. The van der Waals surface area contributed by atoms with Crippen LogP contribution in [0.25, 0.3) is 0 Å². The van der Waals surface area contributed by atoms with Gasteiger partial charge in [0.1, 0.15) is 0 Å². The van der Waals surface area contributed by atoms with Crippen LogP contribution >= 0.6 is 24.4 Å². The molecule has 1 N–H and O–H groups in total. The van der Waals surface area contributed by atoms with Crippen LogP contribution in [0.2, 0.25) is 0 Å². The van der Waals surface area contributed by atoms with Crippen molar-refractivity contribution in [1.29, 1.82) is 0 Å². The van der Waals surface area contributed by atoms with Crippen molar-refractivity contribution in [3.63, 3.8) is 0 Å². The second-order valence-corrected chi connectivity index (χ2v) is 4.77. The smallest absolute Gasteiger partial charge is 0.0796 e. The standard InChI is InChI=1S/C11H18N2S2/c1-4-8-9(11(15)10(8)14)12-6-5-7-13(2)3/h12H,4-7H2,1-3H3. The molecule has 1 aromatic rings. The van der Waals surface area contributed by atoms with Crippen LogP contribution in [-0.4, -0.2) is 32.1 Å². The van der Waals surface area contributed by atoms with E-state index in [0.29, 0.717) is 0 Å². The summed E-state index contributed by atoms with van der Waals surface area (Å²) in [5.41, 5.74) is 2.36. The van der Waals surface area contributed by atoms with Crippen molar-refractivity contribution in [3.05, 3.63) is 14.6 Å². The third-order valence-corrected chi connectivity index (χ3v) is 3.43. The van der Waals surface area contributed by atoms with Crippen LogP contribution < -0.4 is 5.32 Å². The van der Waals surface area contributed by atoms with Crippen LogP contribution in [0.5, 0.6) is 0 Å². The van der Waals surface area contributed by atoms with Crippen LogP contribution in [0, 0.1) is 9.02 Å². The Kier molecular flexibility index (Phi) is 4.83. The predicted molar refractivity (Wildman–Crippen MR) is 71.5 cm³/mol. The third kappa shape index (κ3) is 3.06. The van der Waals surface area contributed by atoms with Gasteiger partial charge in [-0.15, -0.1) is 0 Å². The van der Waals surface area contributed by atoms with Crippen LogP contribution in [0.3, 0.4) is 0 Å². The van der Waals surface area contributed by atoms with Gasteiger partial charge >= 0.3 is 0 Å². The van der Waals surface area contributed by atoms with Gasteiger partial charge in [0.15, 0.2) is 0 Å². The molecule has 0 aliphatic rings. The van der Waals surface area contributed by atoms with Gasteiger partial charge in [0.25, 0.3) is 0 Å². The van der Waals surface area contributed by atoms with E-state index in [0.717, 1.165) is 40.6 Å². The Hall–Kier alpha value is -0.320. The summed E-state index contributed by atoms with van der Waals surface area (Å²) in [7, 11) is 4.17. The molecule has 0 aliphatic heterocycles. The molecule has 0 aliphatic carbocycles. The monoisotopic (exact) mass is 242 g/mol. The summed E-state index contributed by atoms with van der Waals surface area (Å²) in [5.74, 6) is 0. The summed E-state index contributed by atoms with van der Waals surface area (Å²) < 4.78 is 1.74. The third-order valence-electron chi connectivity index (χ3n) is 2.45. The molecule has 0 saturated carbocycles. The fraction of sp³-hybridized carbons (Fsp3) is 0.636. The molecule has 0 unspecified atom stereocenters. The van der Waals surface area contributed by atoms with E-state index >= 15 is 0 Å². The Morgan fingerprint density at radius 1 is 1.20 bits per heavy atom. The fourth-order valence-electron chi connectivity index (χ4n) is 1.57. The molecule has 4 heteroatoms. The lowest BCUT2D eigenvalue weighted by atomic mass is 10.1. The van der Waals surface area contributed by atoms with E-state index in [2.05, 4.69) is 31.2 Å². The van der Waals surface area contributed by atoms with Gasteiger partial charge in [0, 0.05) is 6.54 Å². The first-order chi connectivity index (χ1) is 7.07. The van der Waals surface area contributed by atoms with E-state index in [-0.39, 0.29) is 0 Å². The summed E-state index contributed by atoms with van der Waals surface area (Å²) >= 11 is 10.4. The van der Waals surface area contributed by atoms with Gasteiger partial charge in [0.05, 0.1) is 14.7 Å². The van der Waals surface area contributed by atoms with Crippen molar-refractivity contribution in [2.24, 2.45) is 0 Å². The van der Waals surface area contributed by atoms with Crippen LogP contribution in [-0.2, 0) is 6.42 Å². The molecule has 1 rings (SSSR count). The largest absolute Gasteiger partial charge is 0.384 e. The molecular weight excluding hydrogens is 224 g/mol. The van der Waals surface area contributed by atoms with Crippen molar-refractivity contribution in [3.8, 4) is 0 Å². The lowest BCUT2D eigenvalue weighted by Crippen LogP contribution is -2.17. The maximum absolute atomic E-state index is 5.20. The molecule has 1 aromatic carbocycles. The molecule has 0 fully saturated rings. The van der Waals surface area contributed by atoms with Gasteiger partial charge in [-0.05, 0) is 39.0 Å². The number of nitrogens with one attached hydrogen (secondary N) is 1. The van der Waals surface area contributed by atoms with E-state index in [9.17, 15) is 0 Å². The van der Waals surface area contributed by atoms with Gasteiger partial charge in [0.2, 0.25) is 0 Å². The molecule has 0 atom stereocenters. The van der Waals surface area contributed by atoms with Crippen LogP contribution in [0.15, 0.2) is 0 Å². The van der Waals surface area contributed by atoms with Gasteiger partial charge in [-0.25, -0.2) is 0 Å². The highest BCUT2D eigenvalue weighted by atomic mass is 32.1. The highest BCUT2D eigenvalue weighted by molar-refractivity contribution is 7.74. The van der Waals surface area contributed by atoms with Gasteiger partial charge in [-0.1, -0.05) is 31.4 Å². The molecule has 0 radical (unpaired) electrons. The first-order valence-corrected chi connectivity index (χ1v) is 6.10. The average molecular weight is 242 g/mol. The van der Waals surface area contributed by atoms with Crippen molar-refractivity contribution in [2.45, 2.75) is 19.8 Å². The summed E-state index contributed by atoms with van der Waals surface area (Å²) in [6.07, 6.45) is 2.11. The van der Waals surface area contributed by atoms with Crippen LogP contribution in [0.1, 0.15) is 18.9 Å². The van der Waals surface area contributed by atoms with Gasteiger partial charge < -0.3 is 10.2 Å². The highest BCUT2D eigenvalue weighted by Crippen LogP contribution is 2.26. The second-order valence-electron chi connectivity index (χ2n) is 3.95. The average Bonchev–Trinajstić information content (AvgIpc) is 2.21. The molecule has 84 valence electrons. The topological polar surface area (TPSA) is 15.3 Å². The summed E-state index contributed by atoms with van der Waals surface area (Å²) in [4.78, 5) is 2.18. The minimum atomic E-state index is 0.853. The lowest BCUT2D eigenvalue weighted by Gasteiger charge is -2.16. The number of anilines is 1. The van der Waals surface area contributed by atoms with E-state index in [1.807, 2.05) is 0 Å². The van der Waals surface area contributed by atoms with Gasteiger partial charge in [-0.2, -0.15) is 0 Å². The Bertz CT molecular complexity index is 389. The zero-order chi connectivity index (χ0) is 11.4. The molecule has 2 nitrogen and oxygen atoms in total. The summed E-state index contributed by atoms with van der Waals surface area (Å²) in [6, 6.07) is 0. The predicted octanol–water partition coefficient (Wildman–Crippen LogP) is 2.95. The second kappa shape index (κ2) is 5.68. The molecule has 0 heterocycles. The van der Waals surface area contributed by atoms with Crippen molar-refractivity contribution >= 4 is 30.1 Å². The zero-order valence-corrected chi connectivity index (χ0v) is 11.2. The first-order valence-electron chi connectivity index (χ1n) is 5.28. The highest BCUT2D eigenvalue weighted by Gasteiger charge is 2.11. The first kappa shape index (κ1) is 12.7. The number of rotatable bonds is 6.